The zero-order valence-corrected chi connectivity index (χ0v) is 18.6. The molecule has 160 valence electrons. The van der Waals surface area contributed by atoms with Crippen molar-refractivity contribution in [3.8, 4) is 0 Å². The molecule has 3 aromatic rings. The van der Waals surface area contributed by atoms with Gasteiger partial charge in [0.2, 0.25) is 0 Å². The standard InChI is InChI=1S/C27H23ClN2O2/c1-2-18-7-13-23(14-8-18)30-26(31)24(20-9-11-22(28)12-10-20)25(27(30)32)29-16-15-19-5-3-4-6-21(19)17-29/h3-14H,2,15-17H2,1H3. The van der Waals surface area contributed by atoms with Crippen molar-refractivity contribution >= 4 is 34.7 Å². The van der Waals surface area contributed by atoms with Crippen molar-refractivity contribution in [3.63, 3.8) is 0 Å². The van der Waals surface area contributed by atoms with Crippen LogP contribution in [0.1, 0.15) is 29.2 Å². The number of nitrogens with zero attached hydrogens (tertiary/aromatic N) is 2. The molecule has 0 aromatic heterocycles. The van der Waals surface area contributed by atoms with Gasteiger partial charge in [0.25, 0.3) is 11.8 Å². The number of anilines is 1. The molecule has 5 rings (SSSR count). The Kier molecular flexibility index (Phi) is 5.32. The predicted octanol–water partition coefficient (Wildman–Crippen LogP) is 5.25. The van der Waals surface area contributed by atoms with Gasteiger partial charge in [-0.25, -0.2) is 4.90 Å². The number of carbonyl (C=O) groups excluding carboxylic acids is 2. The fraction of sp³-hybridized carbons (Fsp3) is 0.185. The minimum absolute atomic E-state index is 0.274. The van der Waals surface area contributed by atoms with E-state index >= 15 is 0 Å². The van der Waals surface area contributed by atoms with E-state index in [2.05, 4.69) is 19.1 Å². The van der Waals surface area contributed by atoms with Gasteiger partial charge in [0, 0.05) is 18.1 Å². The van der Waals surface area contributed by atoms with Gasteiger partial charge in [-0.2, -0.15) is 0 Å². The van der Waals surface area contributed by atoms with E-state index in [9.17, 15) is 9.59 Å². The van der Waals surface area contributed by atoms with Crippen molar-refractivity contribution in [1.82, 2.24) is 4.90 Å². The van der Waals surface area contributed by atoms with Crippen molar-refractivity contribution in [3.05, 3.63) is 106 Å². The van der Waals surface area contributed by atoms with Crippen LogP contribution in [0.3, 0.4) is 0 Å². The maximum atomic E-state index is 13.7. The fourth-order valence-corrected chi connectivity index (χ4v) is 4.62. The van der Waals surface area contributed by atoms with Gasteiger partial charge in [0.1, 0.15) is 5.70 Å². The first-order valence-corrected chi connectivity index (χ1v) is 11.2. The van der Waals surface area contributed by atoms with E-state index in [1.54, 1.807) is 12.1 Å². The van der Waals surface area contributed by atoms with E-state index < -0.39 is 0 Å². The second-order valence-corrected chi connectivity index (χ2v) is 8.57. The number of carbonyl (C=O) groups is 2. The van der Waals surface area contributed by atoms with Crippen LogP contribution >= 0.6 is 11.6 Å². The third-order valence-corrected chi connectivity index (χ3v) is 6.49. The molecule has 0 aliphatic carbocycles. The van der Waals surface area contributed by atoms with E-state index in [4.69, 9.17) is 11.6 Å². The number of halogens is 1. The molecule has 2 aliphatic rings. The van der Waals surface area contributed by atoms with Crippen LogP contribution in [-0.2, 0) is 29.0 Å². The zero-order valence-electron chi connectivity index (χ0n) is 17.8. The minimum Gasteiger partial charge on any atom is -0.362 e. The van der Waals surface area contributed by atoms with Crippen LogP contribution < -0.4 is 4.90 Å². The van der Waals surface area contributed by atoms with Crippen LogP contribution in [0.25, 0.3) is 5.57 Å². The number of amides is 2. The largest absolute Gasteiger partial charge is 0.362 e. The molecule has 0 saturated carbocycles. The molecule has 32 heavy (non-hydrogen) atoms. The number of hydrogen-bond acceptors (Lipinski definition) is 3. The second kappa shape index (κ2) is 8.29. The summed E-state index contributed by atoms with van der Waals surface area (Å²) in [6.07, 6.45) is 1.73. The molecular formula is C27H23ClN2O2. The molecule has 2 heterocycles. The maximum Gasteiger partial charge on any atom is 0.282 e. The Labute approximate surface area is 192 Å². The van der Waals surface area contributed by atoms with Crippen molar-refractivity contribution in [2.45, 2.75) is 26.3 Å². The Balaban J connectivity index is 1.60. The lowest BCUT2D eigenvalue weighted by atomic mass is 9.98. The molecule has 0 radical (unpaired) electrons. The molecule has 0 unspecified atom stereocenters. The van der Waals surface area contributed by atoms with Gasteiger partial charge in [0.05, 0.1) is 11.3 Å². The van der Waals surface area contributed by atoms with E-state index in [0.717, 1.165) is 18.4 Å². The lowest BCUT2D eigenvalue weighted by Gasteiger charge is -2.31. The lowest BCUT2D eigenvalue weighted by Crippen LogP contribution is -2.37. The van der Waals surface area contributed by atoms with Gasteiger partial charge < -0.3 is 4.90 Å². The summed E-state index contributed by atoms with van der Waals surface area (Å²) in [5.74, 6) is -0.570. The van der Waals surface area contributed by atoms with Crippen LogP contribution in [0.2, 0.25) is 5.02 Å². The topological polar surface area (TPSA) is 40.6 Å². The monoisotopic (exact) mass is 442 g/mol. The van der Waals surface area contributed by atoms with Gasteiger partial charge in [-0.15, -0.1) is 0 Å². The van der Waals surface area contributed by atoms with Crippen molar-refractivity contribution in [2.75, 3.05) is 11.4 Å². The van der Waals surface area contributed by atoms with Crippen LogP contribution in [0, 0.1) is 0 Å². The molecular weight excluding hydrogens is 420 g/mol. The van der Waals surface area contributed by atoms with Gasteiger partial charge in [-0.1, -0.05) is 67.1 Å². The SMILES string of the molecule is CCc1ccc(N2C(=O)C(c3ccc(Cl)cc3)=C(N3CCc4ccccc4C3)C2=O)cc1. The van der Waals surface area contributed by atoms with Gasteiger partial charge in [0.15, 0.2) is 0 Å². The first-order valence-electron chi connectivity index (χ1n) is 10.9. The molecule has 4 nitrogen and oxygen atoms in total. The van der Waals surface area contributed by atoms with Gasteiger partial charge in [-0.05, 0) is 59.4 Å². The van der Waals surface area contributed by atoms with Crippen LogP contribution in [0.15, 0.2) is 78.5 Å². The molecule has 0 spiro atoms. The lowest BCUT2D eigenvalue weighted by molar-refractivity contribution is -0.120. The number of aryl methyl sites for hydroxylation is 1. The summed E-state index contributed by atoms with van der Waals surface area (Å²) in [5.41, 5.74) is 5.84. The number of benzene rings is 3. The van der Waals surface area contributed by atoms with E-state index in [-0.39, 0.29) is 11.8 Å². The highest BCUT2D eigenvalue weighted by molar-refractivity contribution is 6.45. The second-order valence-electron chi connectivity index (χ2n) is 8.14. The van der Waals surface area contributed by atoms with Crippen molar-refractivity contribution in [1.29, 1.82) is 0 Å². The van der Waals surface area contributed by atoms with Gasteiger partial charge >= 0.3 is 0 Å². The first-order chi connectivity index (χ1) is 15.6. The van der Waals surface area contributed by atoms with E-state index in [1.165, 1.54) is 16.0 Å². The minimum atomic E-state index is -0.296. The quantitative estimate of drug-likeness (QED) is 0.518. The van der Waals surface area contributed by atoms with E-state index in [0.29, 0.717) is 40.6 Å². The summed E-state index contributed by atoms with van der Waals surface area (Å²) < 4.78 is 0. The fourth-order valence-electron chi connectivity index (χ4n) is 4.49. The Morgan fingerprint density at radius 2 is 1.53 bits per heavy atom. The van der Waals surface area contributed by atoms with Crippen LogP contribution in [-0.4, -0.2) is 23.3 Å². The van der Waals surface area contributed by atoms with Gasteiger partial charge in [-0.3, -0.25) is 9.59 Å². The van der Waals surface area contributed by atoms with Crippen molar-refractivity contribution < 1.29 is 9.59 Å². The third-order valence-electron chi connectivity index (χ3n) is 6.24. The summed E-state index contributed by atoms with van der Waals surface area (Å²) in [4.78, 5) is 30.7. The molecule has 0 atom stereocenters. The Bertz CT molecular complexity index is 1230. The first kappa shape index (κ1) is 20.5. The number of imide groups is 1. The molecule has 3 aromatic carbocycles. The third kappa shape index (κ3) is 3.51. The summed E-state index contributed by atoms with van der Waals surface area (Å²) >= 11 is 6.09. The Morgan fingerprint density at radius 3 is 2.22 bits per heavy atom. The normalized spacial score (nSPS) is 16.1. The average Bonchev–Trinajstić information content (AvgIpc) is 3.09. The highest BCUT2D eigenvalue weighted by Crippen LogP contribution is 2.37. The summed E-state index contributed by atoms with van der Waals surface area (Å²) in [5, 5.41) is 0.589. The summed E-state index contributed by atoms with van der Waals surface area (Å²) in [6.45, 7) is 3.36. The van der Waals surface area contributed by atoms with E-state index in [1.807, 2.05) is 53.4 Å². The average molecular weight is 443 g/mol. The number of rotatable bonds is 4. The van der Waals surface area contributed by atoms with Crippen molar-refractivity contribution in [2.24, 2.45) is 0 Å². The predicted molar refractivity (Wildman–Crippen MR) is 127 cm³/mol. The van der Waals surface area contributed by atoms with Crippen LogP contribution in [0.5, 0.6) is 0 Å². The number of fused-ring (bicyclic) bond motifs is 1. The smallest absolute Gasteiger partial charge is 0.282 e. The number of hydrogen-bond donors (Lipinski definition) is 0. The molecule has 2 amide bonds. The molecule has 0 N–H and O–H groups in total. The summed E-state index contributed by atoms with van der Waals surface area (Å²) in [7, 11) is 0. The maximum absolute atomic E-state index is 13.7. The Morgan fingerprint density at radius 1 is 0.844 bits per heavy atom. The molecule has 0 fully saturated rings. The Hall–Kier alpha value is -3.37. The summed E-state index contributed by atoms with van der Waals surface area (Å²) in [6, 6.07) is 23.0. The van der Waals surface area contributed by atoms with Crippen LogP contribution in [0.4, 0.5) is 5.69 Å². The molecule has 0 saturated heterocycles. The molecule has 0 bridgehead atoms. The molecule has 2 aliphatic heterocycles. The highest BCUT2D eigenvalue weighted by Gasteiger charge is 2.43. The molecule has 5 heteroatoms. The highest BCUT2D eigenvalue weighted by atomic mass is 35.5. The zero-order chi connectivity index (χ0) is 22.2.